The van der Waals surface area contributed by atoms with Crippen molar-refractivity contribution in [3.05, 3.63) is 72.0 Å². The van der Waals surface area contributed by atoms with Crippen LogP contribution in [0.2, 0.25) is 0 Å². The number of nitrogens with one attached hydrogen (secondary N) is 3. The number of anilines is 3. The number of fused-ring (bicyclic) bond motifs is 1. The highest BCUT2D eigenvalue weighted by Gasteiger charge is 2.31. The lowest BCUT2D eigenvalue weighted by Crippen LogP contribution is -2.20. The van der Waals surface area contributed by atoms with Gasteiger partial charge < -0.3 is 16.4 Å². The summed E-state index contributed by atoms with van der Waals surface area (Å²) in [5.74, 6) is -0.572. The van der Waals surface area contributed by atoms with E-state index in [1.54, 1.807) is 24.3 Å². The average molecular weight is 429 g/mol. The van der Waals surface area contributed by atoms with Crippen LogP contribution in [0.4, 0.5) is 39.5 Å². The van der Waals surface area contributed by atoms with Gasteiger partial charge in [0.1, 0.15) is 5.82 Å². The molecule has 0 aliphatic carbocycles. The maximum atomic E-state index is 13.8. The second-order valence-corrected chi connectivity index (χ2v) is 6.72. The van der Waals surface area contributed by atoms with Gasteiger partial charge in [0.2, 0.25) is 0 Å². The fraction of sp³-hybridized carbons (Fsp3) is 0.0476. The number of halogens is 4. The molecule has 5 N–H and O–H groups in total. The number of nitrogen functional groups attached to an aromatic ring is 1. The van der Waals surface area contributed by atoms with E-state index in [-0.39, 0.29) is 0 Å². The first-order valence-electron chi connectivity index (χ1n) is 8.99. The molecule has 0 aliphatic rings. The zero-order chi connectivity index (χ0) is 22.2. The molecule has 0 bridgehead atoms. The second-order valence-electron chi connectivity index (χ2n) is 6.72. The van der Waals surface area contributed by atoms with Crippen molar-refractivity contribution in [3.63, 3.8) is 0 Å². The lowest BCUT2D eigenvalue weighted by atomic mass is 10.0. The molecule has 3 aromatic carbocycles. The van der Waals surface area contributed by atoms with E-state index in [0.29, 0.717) is 29.7 Å². The molecule has 0 atom stereocenters. The van der Waals surface area contributed by atoms with Crippen molar-refractivity contribution in [1.82, 2.24) is 10.2 Å². The average Bonchev–Trinajstić information content (AvgIpc) is 3.09. The topological polar surface area (TPSA) is 95.8 Å². The summed E-state index contributed by atoms with van der Waals surface area (Å²) >= 11 is 0. The highest BCUT2D eigenvalue weighted by molar-refractivity contribution is 6.00. The Bertz CT molecular complexity index is 1270. The maximum Gasteiger partial charge on any atom is 0.416 e. The van der Waals surface area contributed by atoms with E-state index in [9.17, 15) is 22.4 Å². The number of aromatic amines is 1. The van der Waals surface area contributed by atoms with E-state index < -0.39 is 29.3 Å². The monoisotopic (exact) mass is 429 g/mol. The number of H-pyrrole nitrogens is 1. The Balaban J connectivity index is 1.47. The smallest absolute Gasteiger partial charge is 0.382 e. The minimum atomic E-state index is -4.65. The molecular formula is C21H15F4N5O. The number of carbonyl (C=O) groups excluding carboxylic acids is 1. The summed E-state index contributed by atoms with van der Waals surface area (Å²) in [5.41, 5.74) is 7.01. The van der Waals surface area contributed by atoms with E-state index in [4.69, 9.17) is 5.73 Å². The Morgan fingerprint density at radius 3 is 2.35 bits per heavy atom. The van der Waals surface area contributed by atoms with E-state index in [1.807, 2.05) is 18.2 Å². The molecule has 4 aromatic rings. The molecule has 2 amide bonds. The maximum absolute atomic E-state index is 13.8. The SMILES string of the molecule is Nc1n[nH]c2cc(-c3ccc(NC(=O)Nc4cc(C(F)(F)F)ccc4F)cc3)ccc12. The molecule has 0 unspecified atom stereocenters. The summed E-state index contributed by atoms with van der Waals surface area (Å²) in [6, 6.07) is 13.2. The third kappa shape index (κ3) is 4.27. The number of amides is 2. The van der Waals surface area contributed by atoms with Crippen LogP contribution in [0.15, 0.2) is 60.7 Å². The normalized spacial score (nSPS) is 11.5. The molecule has 6 nitrogen and oxygen atoms in total. The molecular weight excluding hydrogens is 414 g/mol. The number of benzene rings is 3. The fourth-order valence-corrected chi connectivity index (χ4v) is 3.05. The molecule has 158 valence electrons. The second kappa shape index (κ2) is 7.63. The van der Waals surface area contributed by atoms with Crippen molar-refractivity contribution in [2.24, 2.45) is 0 Å². The van der Waals surface area contributed by atoms with Crippen LogP contribution in [-0.4, -0.2) is 16.2 Å². The highest BCUT2D eigenvalue weighted by atomic mass is 19.4. The van der Waals surface area contributed by atoms with Crippen molar-refractivity contribution in [3.8, 4) is 11.1 Å². The quantitative estimate of drug-likeness (QED) is 0.319. The fourth-order valence-electron chi connectivity index (χ4n) is 3.05. The zero-order valence-electron chi connectivity index (χ0n) is 15.7. The summed E-state index contributed by atoms with van der Waals surface area (Å²) < 4.78 is 52.1. The standard InChI is InChI=1S/C21H15F4N5O/c22-16-8-4-13(21(23,24)25)10-18(16)28-20(31)27-14-5-1-11(2-6-14)12-3-7-15-17(9-12)29-30-19(15)26/h1-10H,(H3,26,29,30)(H2,27,28,31). The largest absolute Gasteiger partial charge is 0.416 e. The molecule has 10 heteroatoms. The van der Waals surface area contributed by atoms with Gasteiger partial charge in [0.25, 0.3) is 0 Å². The van der Waals surface area contributed by atoms with Gasteiger partial charge in [-0.25, -0.2) is 9.18 Å². The Morgan fingerprint density at radius 1 is 0.935 bits per heavy atom. The Labute approximate surface area is 173 Å². The predicted octanol–water partition coefficient (Wildman–Crippen LogP) is 5.61. The van der Waals surface area contributed by atoms with Gasteiger partial charge in [0.15, 0.2) is 5.82 Å². The van der Waals surface area contributed by atoms with Crippen LogP contribution in [0.5, 0.6) is 0 Å². The predicted molar refractivity (Wildman–Crippen MR) is 110 cm³/mol. The molecule has 1 aromatic heterocycles. The minimum Gasteiger partial charge on any atom is -0.382 e. The van der Waals surface area contributed by atoms with E-state index in [0.717, 1.165) is 22.0 Å². The van der Waals surface area contributed by atoms with Gasteiger partial charge in [-0.1, -0.05) is 18.2 Å². The van der Waals surface area contributed by atoms with Crippen molar-refractivity contribution in [2.45, 2.75) is 6.18 Å². The van der Waals surface area contributed by atoms with Gasteiger partial charge in [0.05, 0.1) is 16.8 Å². The number of hydrogen-bond donors (Lipinski definition) is 4. The summed E-state index contributed by atoms with van der Waals surface area (Å²) in [6.45, 7) is 0. The molecule has 4 rings (SSSR count). The van der Waals surface area contributed by atoms with Gasteiger partial charge in [-0.15, -0.1) is 0 Å². The van der Waals surface area contributed by atoms with Crippen LogP contribution in [-0.2, 0) is 6.18 Å². The number of hydrogen-bond acceptors (Lipinski definition) is 3. The minimum absolute atomic E-state index is 0.375. The van der Waals surface area contributed by atoms with Crippen LogP contribution >= 0.6 is 0 Å². The first kappa shape index (κ1) is 20.2. The lowest BCUT2D eigenvalue weighted by molar-refractivity contribution is -0.137. The Morgan fingerprint density at radius 2 is 1.65 bits per heavy atom. The van der Waals surface area contributed by atoms with Gasteiger partial charge >= 0.3 is 12.2 Å². The van der Waals surface area contributed by atoms with E-state index >= 15 is 0 Å². The molecule has 31 heavy (non-hydrogen) atoms. The number of nitrogens with zero attached hydrogens (tertiary/aromatic N) is 1. The summed E-state index contributed by atoms with van der Waals surface area (Å²) in [4.78, 5) is 12.1. The molecule has 0 aliphatic heterocycles. The zero-order valence-corrected chi connectivity index (χ0v) is 15.7. The van der Waals surface area contributed by atoms with E-state index in [2.05, 4.69) is 20.8 Å². The van der Waals surface area contributed by atoms with Gasteiger partial charge in [-0.05, 0) is 53.6 Å². The third-order valence-corrected chi connectivity index (χ3v) is 4.61. The van der Waals surface area contributed by atoms with E-state index in [1.165, 1.54) is 0 Å². The van der Waals surface area contributed by atoms with Crippen molar-refractivity contribution >= 4 is 34.1 Å². The summed E-state index contributed by atoms with van der Waals surface area (Å²) in [7, 11) is 0. The first-order valence-corrected chi connectivity index (χ1v) is 8.99. The van der Waals surface area contributed by atoms with Crippen LogP contribution in [0, 0.1) is 5.82 Å². The number of alkyl halides is 3. The third-order valence-electron chi connectivity index (χ3n) is 4.61. The Hall–Kier alpha value is -4.08. The lowest BCUT2D eigenvalue weighted by Gasteiger charge is -2.12. The molecule has 1 heterocycles. The van der Waals surface area contributed by atoms with Gasteiger partial charge in [-0.3, -0.25) is 5.10 Å². The van der Waals surface area contributed by atoms with Crippen molar-refractivity contribution in [1.29, 1.82) is 0 Å². The summed E-state index contributed by atoms with van der Waals surface area (Å²) in [5, 5.41) is 12.1. The van der Waals surface area contributed by atoms with Gasteiger partial charge in [0, 0.05) is 11.1 Å². The number of urea groups is 1. The number of aromatic nitrogens is 2. The summed E-state index contributed by atoms with van der Waals surface area (Å²) in [6.07, 6.45) is -4.65. The number of nitrogens with two attached hydrogens (primary N) is 1. The highest BCUT2D eigenvalue weighted by Crippen LogP contribution is 2.32. The number of carbonyl (C=O) groups is 1. The van der Waals surface area contributed by atoms with Crippen LogP contribution in [0.1, 0.15) is 5.56 Å². The molecule has 0 saturated carbocycles. The van der Waals surface area contributed by atoms with Gasteiger partial charge in [-0.2, -0.15) is 18.3 Å². The van der Waals surface area contributed by atoms with Crippen molar-refractivity contribution in [2.75, 3.05) is 16.4 Å². The molecule has 0 saturated heterocycles. The molecule has 0 fully saturated rings. The molecule has 0 spiro atoms. The molecule has 0 radical (unpaired) electrons. The number of rotatable bonds is 3. The first-order chi connectivity index (χ1) is 14.7. The van der Waals surface area contributed by atoms with Crippen LogP contribution in [0.25, 0.3) is 22.0 Å². The van der Waals surface area contributed by atoms with Crippen molar-refractivity contribution < 1.29 is 22.4 Å². The van der Waals surface area contributed by atoms with Crippen LogP contribution < -0.4 is 16.4 Å². The Kier molecular flexibility index (Phi) is 4.97. The van der Waals surface area contributed by atoms with Crippen LogP contribution in [0.3, 0.4) is 0 Å².